The van der Waals surface area contributed by atoms with Crippen LogP contribution in [0.4, 0.5) is 0 Å². The summed E-state index contributed by atoms with van der Waals surface area (Å²) in [5.41, 5.74) is 7.08. The van der Waals surface area contributed by atoms with Crippen molar-refractivity contribution in [3.63, 3.8) is 0 Å². The first-order chi connectivity index (χ1) is 8.36. The fourth-order valence-corrected chi connectivity index (χ4v) is 2.97. The molecule has 0 aliphatic heterocycles. The van der Waals surface area contributed by atoms with Gasteiger partial charge in [-0.3, -0.25) is 9.88 Å². The van der Waals surface area contributed by atoms with Gasteiger partial charge in [0.1, 0.15) is 0 Å². The first kappa shape index (κ1) is 12.5. The van der Waals surface area contributed by atoms with E-state index in [4.69, 9.17) is 5.73 Å². The van der Waals surface area contributed by atoms with Crippen LogP contribution >= 0.6 is 0 Å². The molecule has 1 aliphatic carbocycles. The Labute approximate surface area is 104 Å². The number of hydrogen-bond acceptors (Lipinski definition) is 3. The highest BCUT2D eigenvalue weighted by Gasteiger charge is 2.28. The van der Waals surface area contributed by atoms with Crippen LogP contribution in [-0.2, 0) is 0 Å². The van der Waals surface area contributed by atoms with Crippen molar-refractivity contribution in [1.29, 1.82) is 0 Å². The van der Waals surface area contributed by atoms with Crippen LogP contribution in [0.15, 0.2) is 24.4 Å². The summed E-state index contributed by atoms with van der Waals surface area (Å²) in [6.45, 7) is 3.94. The number of pyridine rings is 1. The van der Waals surface area contributed by atoms with Crippen molar-refractivity contribution in [1.82, 2.24) is 9.88 Å². The summed E-state index contributed by atoms with van der Waals surface area (Å²) >= 11 is 0. The van der Waals surface area contributed by atoms with Gasteiger partial charge in [0.25, 0.3) is 0 Å². The zero-order valence-corrected chi connectivity index (χ0v) is 10.7. The first-order valence-electron chi connectivity index (χ1n) is 6.73. The molecular weight excluding hydrogens is 210 g/mol. The second-order valence-corrected chi connectivity index (χ2v) is 4.77. The van der Waals surface area contributed by atoms with E-state index in [0.717, 1.165) is 12.2 Å². The van der Waals surface area contributed by atoms with E-state index >= 15 is 0 Å². The molecule has 1 saturated carbocycles. The Morgan fingerprint density at radius 2 is 2.18 bits per heavy atom. The molecule has 94 valence electrons. The van der Waals surface area contributed by atoms with Crippen molar-refractivity contribution >= 4 is 0 Å². The van der Waals surface area contributed by atoms with Gasteiger partial charge in [-0.15, -0.1) is 0 Å². The Hall–Kier alpha value is -0.930. The van der Waals surface area contributed by atoms with E-state index in [1.807, 2.05) is 18.3 Å². The summed E-state index contributed by atoms with van der Waals surface area (Å²) in [5, 5.41) is 0. The number of hydrogen-bond donors (Lipinski definition) is 1. The molecule has 1 heterocycles. The van der Waals surface area contributed by atoms with Crippen molar-refractivity contribution in [3.05, 3.63) is 30.1 Å². The van der Waals surface area contributed by atoms with Crippen LogP contribution in [-0.4, -0.2) is 29.0 Å². The summed E-state index contributed by atoms with van der Waals surface area (Å²) in [7, 11) is 0. The van der Waals surface area contributed by atoms with Crippen molar-refractivity contribution in [2.75, 3.05) is 13.1 Å². The molecule has 3 nitrogen and oxygen atoms in total. The molecule has 1 aromatic rings. The Morgan fingerprint density at radius 1 is 1.41 bits per heavy atom. The molecular formula is C14H23N3. The number of aromatic nitrogens is 1. The first-order valence-corrected chi connectivity index (χ1v) is 6.73. The molecule has 3 heteroatoms. The fraction of sp³-hybridized carbons (Fsp3) is 0.643. The summed E-state index contributed by atoms with van der Waals surface area (Å²) in [6, 6.07) is 7.09. The molecule has 1 aromatic heterocycles. The highest BCUT2D eigenvalue weighted by Crippen LogP contribution is 2.29. The molecule has 0 amide bonds. The van der Waals surface area contributed by atoms with Gasteiger partial charge in [-0.1, -0.05) is 25.8 Å². The largest absolute Gasteiger partial charge is 0.329 e. The van der Waals surface area contributed by atoms with Gasteiger partial charge in [-0.2, -0.15) is 0 Å². The minimum Gasteiger partial charge on any atom is -0.329 e. The zero-order chi connectivity index (χ0) is 12.1. The fourth-order valence-electron chi connectivity index (χ4n) is 2.97. The van der Waals surface area contributed by atoms with E-state index in [-0.39, 0.29) is 6.04 Å². The van der Waals surface area contributed by atoms with Crippen LogP contribution in [0.2, 0.25) is 0 Å². The van der Waals surface area contributed by atoms with Crippen LogP contribution < -0.4 is 5.73 Å². The Morgan fingerprint density at radius 3 is 2.71 bits per heavy atom. The standard InChI is InChI=1S/C14H23N3/c1-2-17(12-7-3-4-8-12)14(11-15)13-9-5-6-10-16-13/h5-6,9-10,12,14H,2-4,7-8,11,15H2,1H3. The van der Waals surface area contributed by atoms with Gasteiger partial charge in [0, 0.05) is 18.8 Å². The highest BCUT2D eigenvalue weighted by atomic mass is 15.2. The topological polar surface area (TPSA) is 42.1 Å². The van der Waals surface area contributed by atoms with E-state index in [1.165, 1.54) is 25.7 Å². The normalized spacial score (nSPS) is 18.8. The molecule has 0 radical (unpaired) electrons. The van der Waals surface area contributed by atoms with E-state index in [1.54, 1.807) is 0 Å². The monoisotopic (exact) mass is 233 g/mol. The van der Waals surface area contributed by atoms with Crippen molar-refractivity contribution in [2.24, 2.45) is 5.73 Å². The number of likely N-dealkylation sites (N-methyl/N-ethyl adjacent to an activating group) is 1. The summed E-state index contributed by atoms with van der Waals surface area (Å²) in [5.74, 6) is 0. The van der Waals surface area contributed by atoms with E-state index < -0.39 is 0 Å². The molecule has 2 N–H and O–H groups in total. The molecule has 1 aliphatic rings. The number of rotatable bonds is 5. The SMILES string of the molecule is CCN(C1CCCC1)C(CN)c1ccccn1. The highest BCUT2D eigenvalue weighted by molar-refractivity contribution is 5.10. The van der Waals surface area contributed by atoms with Crippen LogP contribution in [0, 0.1) is 0 Å². The van der Waals surface area contributed by atoms with Gasteiger partial charge in [0.05, 0.1) is 11.7 Å². The molecule has 1 atom stereocenters. The lowest BCUT2D eigenvalue weighted by atomic mass is 10.1. The van der Waals surface area contributed by atoms with Gasteiger partial charge in [0.15, 0.2) is 0 Å². The smallest absolute Gasteiger partial charge is 0.0646 e. The zero-order valence-electron chi connectivity index (χ0n) is 10.7. The van der Waals surface area contributed by atoms with E-state index in [2.05, 4.69) is 22.9 Å². The summed E-state index contributed by atoms with van der Waals surface area (Å²) in [6.07, 6.45) is 7.22. The molecule has 0 aromatic carbocycles. The molecule has 0 bridgehead atoms. The lowest BCUT2D eigenvalue weighted by Crippen LogP contribution is -2.40. The third-order valence-corrected chi connectivity index (χ3v) is 3.81. The second kappa shape index (κ2) is 6.12. The second-order valence-electron chi connectivity index (χ2n) is 4.77. The predicted molar refractivity (Wildman–Crippen MR) is 70.7 cm³/mol. The quantitative estimate of drug-likeness (QED) is 0.849. The van der Waals surface area contributed by atoms with Gasteiger partial charge in [0.2, 0.25) is 0 Å². The molecule has 2 rings (SSSR count). The van der Waals surface area contributed by atoms with Gasteiger partial charge < -0.3 is 5.73 Å². The molecule has 1 unspecified atom stereocenters. The lowest BCUT2D eigenvalue weighted by Gasteiger charge is -2.34. The maximum Gasteiger partial charge on any atom is 0.0646 e. The van der Waals surface area contributed by atoms with Crippen molar-refractivity contribution < 1.29 is 0 Å². The van der Waals surface area contributed by atoms with Crippen LogP contribution in [0.25, 0.3) is 0 Å². The average molecular weight is 233 g/mol. The van der Waals surface area contributed by atoms with E-state index in [0.29, 0.717) is 12.6 Å². The summed E-state index contributed by atoms with van der Waals surface area (Å²) < 4.78 is 0. The Balaban J connectivity index is 2.15. The molecule has 17 heavy (non-hydrogen) atoms. The van der Waals surface area contributed by atoms with Crippen LogP contribution in [0.5, 0.6) is 0 Å². The lowest BCUT2D eigenvalue weighted by molar-refractivity contribution is 0.144. The van der Waals surface area contributed by atoms with Gasteiger partial charge in [-0.25, -0.2) is 0 Å². The minimum absolute atomic E-state index is 0.282. The van der Waals surface area contributed by atoms with Crippen molar-refractivity contribution in [3.8, 4) is 0 Å². The van der Waals surface area contributed by atoms with Crippen LogP contribution in [0.3, 0.4) is 0 Å². The van der Waals surface area contributed by atoms with Crippen molar-refractivity contribution in [2.45, 2.75) is 44.7 Å². The Bertz CT molecular complexity index is 319. The molecule has 1 fully saturated rings. The van der Waals surface area contributed by atoms with Gasteiger partial charge in [-0.05, 0) is 31.5 Å². The average Bonchev–Trinajstić information content (AvgIpc) is 2.90. The minimum atomic E-state index is 0.282. The third-order valence-electron chi connectivity index (χ3n) is 3.81. The van der Waals surface area contributed by atoms with Gasteiger partial charge >= 0.3 is 0 Å². The Kier molecular flexibility index (Phi) is 4.51. The molecule has 0 saturated heterocycles. The van der Waals surface area contributed by atoms with E-state index in [9.17, 15) is 0 Å². The third kappa shape index (κ3) is 2.85. The predicted octanol–water partition coefficient (Wildman–Crippen LogP) is 2.35. The number of nitrogens with two attached hydrogens (primary N) is 1. The molecule has 0 spiro atoms. The number of nitrogens with zero attached hydrogens (tertiary/aromatic N) is 2. The maximum atomic E-state index is 5.97. The van der Waals surface area contributed by atoms with Crippen LogP contribution in [0.1, 0.15) is 44.3 Å². The maximum absolute atomic E-state index is 5.97. The summed E-state index contributed by atoms with van der Waals surface area (Å²) in [4.78, 5) is 7.01.